The molecule has 3 atom stereocenters. The number of thioether (sulfide) groups is 1. The first-order chi connectivity index (χ1) is 17.3. The van der Waals surface area contributed by atoms with E-state index in [1.165, 1.54) is 23.9 Å². The van der Waals surface area contributed by atoms with E-state index >= 15 is 0 Å². The number of hydrogen-bond donors (Lipinski definition) is 0. The van der Waals surface area contributed by atoms with Crippen LogP contribution in [0.3, 0.4) is 0 Å². The number of hydrogen-bond acceptors (Lipinski definition) is 7. The van der Waals surface area contributed by atoms with Crippen molar-refractivity contribution in [3.63, 3.8) is 0 Å². The van der Waals surface area contributed by atoms with Gasteiger partial charge in [0.1, 0.15) is 12.7 Å². The van der Waals surface area contributed by atoms with Gasteiger partial charge in [0.25, 0.3) is 0 Å². The minimum Gasteiger partial charge on any atom is -0.461 e. The van der Waals surface area contributed by atoms with Gasteiger partial charge in [0.15, 0.2) is 6.10 Å². The molecule has 1 saturated heterocycles. The first-order valence-electron chi connectivity index (χ1n) is 10.8. The molecule has 1 fully saturated rings. The summed E-state index contributed by atoms with van der Waals surface area (Å²) in [4.78, 5) is 38.0. The van der Waals surface area contributed by atoms with Crippen molar-refractivity contribution in [1.29, 1.82) is 0 Å². The van der Waals surface area contributed by atoms with Crippen molar-refractivity contribution in [3.8, 4) is 0 Å². The zero-order valence-electron chi connectivity index (χ0n) is 18.6. The molecule has 0 bridgehead atoms. The number of carbonyl (C=O) groups is 3. The third kappa shape index (κ3) is 6.73. The van der Waals surface area contributed by atoms with Gasteiger partial charge in [-0.15, -0.1) is 11.8 Å². The molecule has 0 aromatic heterocycles. The van der Waals surface area contributed by atoms with Crippen LogP contribution in [0.2, 0.25) is 15.1 Å². The van der Waals surface area contributed by atoms with E-state index in [4.69, 9.17) is 49.0 Å². The molecular formula is C26H19Cl3O6S. The zero-order valence-corrected chi connectivity index (χ0v) is 21.7. The Hall–Kier alpha value is -2.71. The van der Waals surface area contributed by atoms with Gasteiger partial charge in [0.05, 0.1) is 21.9 Å². The van der Waals surface area contributed by atoms with Crippen LogP contribution in [0, 0.1) is 0 Å². The predicted molar refractivity (Wildman–Crippen MR) is 139 cm³/mol. The lowest BCUT2D eigenvalue weighted by Crippen LogP contribution is -2.39. The van der Waals surface area contributed by atoms with E-state index in [9.17, 15) is 14.4 Å². The Morgan fingerprint density at radius 2 is 1.08 bits per heavy atom. The Morgan fingerprint density at radius 1 is 0.667 bits per heavy atom. The number of benzene rings is 3. The summed E-state index contributed by atoms with van der Waals surface area (Å²) >= 11 is 19.1. The van der Waals surface area contributed by atoms with Gasteiger partial charge in [0.2, 0.25) is 0 Å². The maximum Gasteiger partial charge on any atom is 0.338 e. The Balaban J connectivity index is 1.47. The third-order valence-corrected chi connectivity index (χ3v) is 7.44. The second-order valence-corrected chi connectivity index (χ2v) is 10.4. The van der Waals surface area contributed by atoms with Crippen molar-refractivity contribution in [1.82, 2.24) is 0 Å². The number of halogens is 3. The molecule has 0 N–H and O–H groups in total. The van der Waals surface area contributed by atoms with E-state index in [1.807, 2.05) is 0 Å². The molecule has 36 heavy (non-hydrogen) atoms. The SMILES string of the molecule is O=C(OC[C@H]1SC[C@H](OC(=O)c2ccc(Cl)cc2)[C@H]1OC(=O)c1ccc(Cl)cc1)c1ccc(Cl)cc1. The standard InChI is InChI=1S/C26H19Cl3O6S/c27-18-7-1-15(2-8-18)24(30)33-13-22-23(35-26(32)17-5-11-20(29)12-6-17)21(14-36-22)34-25(31)16-3-9-19(28)10-4-16/h1-12,21-23H,13-14H2/t21-,22+,23+/m0/s1. The monoisotopic (exact) mass is 564 g/mol. The van der Waals surface area contributed by atoms with Gasteiger partial charge in [-0.05, 0) is 72.8 Å². The number of rotatable bonds is 7. The van der Waals surface area contributed by atoms with Crippen molar-refractivity contribution in [2.75, 3.05) is 12.4 Å². The lowest BCUT2D eigenvalue weighted by atomic mass is 10.1. The van der Waals surface area contributed by atoms with Crippen LogP contribution in [0.25, 0.3) is 0 Å². The summed E-state index contributed by atoms with van der Waals surface area (Å²) in [6.07, 6.45) is -1.61. The molecule has 10 heteroatoms. The quantitative estimate of drug-likeness (QED) is 0.243. The zero-order chi connectivity index (χ0) is 25.7. The number of esters is 3. The second kappa shape index (κ2) is 12.0. The highest BCUT2D eigenvalue weighted by Crippen LogP contribution is 2.33. The lowest BCUT2D eigenvalue weighted by molar-refractivity contribution is -0.0295. The smallest absolute Gasteiger partial charge is 0.338 e. The van der Waals surface area contributed by atoms with Crippen LogP contribution in [0.4, 0.5) is 0 Å². The fraction of sp³-hybridized carbons (Fsp3) is 0.192. The molecule has 4 rings (SSSR count). The molecule has 0 saturated carbocycles. The van der Waals surface area contributed by atoms with Crippen LogP contribution >= 0.6 is 46.6 Å². The van der Waals surface area contributed by atoms with Gasteiger partial charge >= 0.3 is 17.9 Å². The summed E-state index contributed by atoms with van der Waals surface area (Å²) < 4.78 is 16.9. The molecule has 0 unspecified atom stereocenters. The van der Waals surface area contributed by atoms with E-state index in [1.54, 1.807) is 60.7 Å². The van der Waals surface area contributed by atoms with Crippen molar-refractivity contribution in [2.24, 2.45) is 0 Å². The molecule has 186 valence electrons. The van der Waals surface area contributed by atoms with Gasteiger partial charge in [-0.3, -0.25) is 0 Å². The topological polar surface area (TPSA) is 78.9 Å². The molecule has 1 heterocycles. The van der Waals surface area contributed by atoms with Crippen LogP contribution in [0.1, 0.15) is 31.1 Å². The highest BCUT2D eigenvalue weighted by molar-refractivity contribution is 8.00. The lowest BCUT2D eigenvalue weighted by Gasteiger charge is -2.24. The summed E-state index contributed by atoms with van der Waals surface area (Å²) in [5.74, 6) is -1.39. The number of ether oxygens (including phenoxy) is 3. The van der Waals surface area contributed by atoms with Gasteiger partial charge < -0.3 is 14.2 Å². The largest absolute Gasteiger partial charge is 0.461 e. The maximum absolute atomic E-state index is 12.8. The third-order valence-electron chi connectivity index (χ3n) is 5.33. The number of carbonyl (C=O) groups excluding carboxylic acids is 3. The van der Waals surface area contributed by atoms with Gasteiger partial charge in [-0.2, -0.15) is 0 Å². The van der Waals surface area contributed by atoms with Crippen molar-refractivity contribution in [2.45, 2.75) is 17.5 Å². The fourth-order valence-corrected chi connectivity index (χ4v) is 5.10. The molecule has 1 aliphatic rings. The van der Waals surface area contributed by atoms with Crippen LogP contribution in [-0.4, -0.2) is 47.7 Å². The van der Waals surface area contributed by atoms with E-state index in [2.05, 4.69) is 0 Å². The summed E-state index contributed by atoms with van der Waals surface area (Å²) in [5.41, 5.74) is 0.934. The summed E-state index contributed by atoms with van der Waals surface area (Å²) in [6, 6.07) is 18.8. The molecule has 0 radical (unpaired) electrons. The van der Waals surface area contributed by atoms with Crippen LogP contribution in [0.5, 0.6) is 0 Å². The van der Waals surface area contributed by atoms with E-state index in [0.29, 0.717) is 31.9 Å². The molecular weight excluding hydrogens is 547 g/mol. The maximum atomic E-state index is 12.8. The summed E-state index contributed by atoms with van der Waals surface area (Å²) in [7, 11) is 0. The normalized spacial score (nSPS) is 18.9. The van der Waals surface area contributed by atoms with E-state index in [0.717, 1.165) is 0 Å². The Labute approximate surface area is 226 Å². The van der Waals surface area contributed by atoms with Crippen LogP contribution in [-0.2, 0) is 14.2 Å². The van der Waals surface area contributed by atoms with Gasteiger partial charge in [-0.1, -0.05) is 34.8 Å². The molecule has 6 nitrogen and oxygen atoms in total. The van der Waals surface area contributed by atoms with E-state index in [-0.39, 0.29) is 12.2 Å². The van der Waals surface area contributed by atoms with Crippen molar-refractivity contribution in [3.05, 3.63) is 105 Å². The first kappa shape index (κ1) is 26.4. The van der Waals surface area contributed by atoms with Gasteiger partial charge in [0, 0.05) is 20.8 Å². The predicted octanol–water partition coefficient (Wildman–Crippen LogP) is 6.37. The fourth-order valence-electron chi connectivity index (χ4n) is 3.44. The Morgan fingerprint density at radius 3 is 1.56 bits per heavy atom. The molecule has 3 aromatic carbocycles. The first-order valence-corrected chi connectivity index (χ1v) is 13.0. The van der Waals surface area contributed by atoms with Crippen molar-refractivity contribution >= 4 is 64.5 Å². The highest BCUT2D eigenvalue weighted by Gasteiger charge is 2.43. The molecule has 3 aromatic rings. The second-order valence-electron chi connectivity index (χ2n) is 7.80. The summed E-state index contributed by atoms with van der Waals surface area (Å²) in [5, 5.41) is 1.00. The average molecular weight is 566 g/mol. The molecule has 1 aliphatic heterocycles. The average Bonchev–Trinajstić information content (AvgIpc) is 3.24. The van der Waals surface area contributed by atoms with Crippen LogP contribution in [0.15, 0.2) is 72.8 Å². The Bertz CT molecular complexity index is 1230. The van der Waals surface area contributed by atoms with Crippen molar-refractivity contribution < 1.29 is 28.6 Å². The molecule has 0 aliphatic carbocycles. The minimum absolute atomic E-state index is 0.0559. The molecule has 0 amide bonds. The van der Waals surface area contributed by atoms with Gasteiger partial charge in [-0.25, -0.2) is 14.4 Å². The van der Waals surface area contributed by atoms with Crippen LogP contribution < -0.4 is 0 Å². The Kier molecular flexibility index (Phi) is 8.80. The van der Waals surface area contributed by atoms with E-state index < -0.39 is 35.4 Å². The molecule has 0 spiro atoms. The highest BCUT2D eigenvalue weighted by atomic mass is 35.5. The summed E-state index contributed by atoms with van der Waals surface area (Å²) in [6.45, 7) is -0.0559. The minimum atomic E-state index is -0.854.